The van der Waals surface area contributed by atoms with Gasteiger partial charge in [-0.25, -0.2) is 0 Å². The van der Waals surface area contributed by atoms with Gasteiger partial charge < -0.3 is 4.98 Å². The van der Waals surface area contributed by atoms with Gasteiger partial charge in [0.1, 0.15) is 5.01 Å². The molecule has 1 aromatic carbocycles. The van der Waals surface area contributed by atoms with Crippen LogP contribution in [-0.2, 0) is 10.5 Å². The lowest BCUT2D eigenvalue weighted by molar-refractivity contribution is -0.113. The number of carbonyl (C=O) groups is 1. The van der Waals surface area contributed by atoms with Crippen molar-refractivity contribution < 1.29 is 4.79 Å². The van der Waals surface area contributed by atoms with Crippen LogP contribution in [0.4, 0.5) is 5.13 Å². The number of carbonyl (C=O) groups excluding carboxylic acids is 1. The zero-order valence-corrected chi connectivity index (χ0v) is 15.0. The van der Waals surface area contributed by atoms with Crippen molar-refractivity contribution in [2.24, 2.45) is 0 Å². The molecule has 0 aliphatic carbocycles. The molecule has 0 unspecified atom stereocenters. The summed E-state index contributed by atoms with van der Waals surface area (Å²) < 4.78 is 0. The van der Waals surface area contributed by atoms with E-state index in [-0.39, 0.29) is 17.1 Å². The van der Waals surface area contributed by atoms with Crippen LogP contribution in [0.5, 0.6) is 0 Å². The quantitative estimate of drug-likeness (QED) is 0.709. The number of fused-ring (bicyclic) bond motifs is 1. The molecule has 2 N–H and O–H groups in total. The highest BCUT2D eigenvalue weighted by Crippen LogP contribution is 2.18. The summed E-state index contributed by atoms with van der Waals surface area (Å²) >= 11 is 8.64. The number of halogens is 1. The highest BCUT2D eigenvalue weighted by molar-refractivity contribution is 7.99. The average Bonchev–Trinajstić information content (AvgIpc) is 2.93. The molecule has 2 aromatic heterocycles. The largest absolute Gasteiger partial charge is 0.357 e. The van der Waals surface area contributed by atoms with Crippen molar-refractivity contribution in [1.29, 1.82) is 0 Å². The summed E-state index contributed by atoms with van der Waals surface area (Å²) in [5.74, 6) is 0.640. The fourth-order valence-corrected chi connectivity index (χ4v) is 3.62. The Kier molecular flexibility index (Phi) is 5.17. The first-order valence-corrected chi connectivity index (χ1v) is 9.35. The lowest BCUT2D eigenvalue weighted by atomic mass is 10.2. The lowest BCUT2D eigenvalue weighted by Crippen LogP contribution is -2.14. The van der Waals surface area contributed by atoms with Gasteiger partial charge >= 0.3 is 0 Å². The van der Waals surface area contributed by atoms with Gasteiger partial charge in [-0.3, -0.25) is 14.9 Å². The third-order valence-corrected chi connectivity index (χ3v) is 5.08. The zero-order chi connectivity index (χ0) is 17.1. The van der Waals surface area contributed by atoms with Gasteiger partial charge in [0.2, 0.25) is 11.0 Å². The van der Waals surface area contributed by atoms with Crippen molar-refractivity contribution in [2.75, 3.05) is 11.1 Å². The molecule has 2 heterocycles. The minimum atomic E-state index is -0.147. The van der Waals surface area contributed by atoms with Crippen LogP contribution < -0.4 is 10.7 Å². The second-order valence-electron chi connectivity index (χ2n) is 5.02. The number of rotatable bonds is 5. The number of thioether (sulfide) groups is 1. The lowest BCUT2D eigenvalue weighted by Gasteiger charge is -2.05. The van der Waals surface area contributed by atoms with E-state index < -0.39 is 0 Å². The summed E-state index contributed by atoms with van der Waals surface area (Å²) in [5, 5.41) is 12.8. The smallest absolute Gasteiger partial charge is 0.236 e. The zero-order valence-electron chi connectivity index (χ0n) is 12.6. The van der Waals surface area contributed by atoms with Crippen molar-refractivity contribution in [1.82, 2.24) is 15.2 Å². The fraction of sp³-hybridized carbons (Fsp3) is 0.200. The maximum absolute atomic E-state index is 12.1. The summed E-state index contributed by atoms with van der Waals surface area (Å²) in [5.41, 5.74) is 1.41. The second-order valence-corrected chi connectivity index (χ2v) is 7.62. The van der Waals surface area contributed by atoms with Gasteiger partial charge in [-0.05, 0) is 25.1 Å². The highest BCUT2D eigenvalue weighted by atomic mass is 35.5. The maximum atomic E-state index is 12.1. The molecule has 0 fully saturated rings. The molecule has 3 rings (SSSR count). The molecule has 0 aliphatic heterocycles. The van der Waals surface area contributed by atoms with Crippen molar-refractivity contribution in [3.8, 4) is 0 Å². The Labute approximate surface area is 150 Å². The molecule has 124 valence electrons. The summed E-state index contributed by atoms with van der Waals surface area (Å²) in [4.78, 5) is 27.2. The Morgan fingerprint density at radius 2 is 2.21 bits per heavy atom. The molecule has 0 bridgehead atoms. The summed E-state index contributed by atoms with van der Waals surface area (Å²) in [6.07, 6.45) is 0. The third-order valence-electron chi connectivity index (χ3n) is 3.11. The van der Waals surface area contributed by atoms with Gasteiger partial charge in [0, 0.05) is 33.4 Å². The average molecular weight is 381 g/mol. The van der Waals surface area contributed by atoms with Gasteiger partial charge in [0.25, 0.3) is 0 Å². The van der Waals surface area contributed by atoms with E-state index in [0.717, 1.165) is 16.2 Å². The topological polar surface area (TPSA) is 87.7 Å². The molecule has 1 amide bonds. The van der Waals surface area contributed by atoms with Crippen LogP contribution in [-0.4, -0.2) is 26.8 Å². The first-order valence-electron chi connectivity index (χ1n) is 7.00. The van der Waals surface area contributed by atoms with E-state index in [1.54, 1.807) is 18.2 Å². The number of amides is 1. The molecular formula is C15H13ClN4O2S2. The Bertz CT molecular complexity index is 954. The maximum Gasteiger partial charge on any atom is 0.236 e. The van der Waals surface area contributed by atoms with Crippen molar-refractivity contribution in [2.45, 2.75) is 12.7 Å². The monoisotopic (exact) mass is 380 g/mol. The first-order chi connectivity index (χ1) is 11.5. The molecule has 0 aliphatic rings. The van der Waals surface area contributed by atoms with Gasteiger partial charge in [-0.1, -0.05) is 22.9 Å². The molecule has 0 spiro atoms. The van der Waals surface area contributed by atoms with Crippen LogP contribution in [0.2, 0.25) is 5.02 Å². The summed E-state index contributed by atoms with van der Waals surface area (Å²) in [6.45, 7) is 1.82. The normalized spacial score (nSPS) is 10.9. The Balaban J connectivity index is 1.60. The van der Waals surface area contributed by atoms with E-state index in [2.05, 4.69) is 20.5 Å². The number of nitrogens with one attached hydrogen (secondary N) is 2. The fourth-order valence-electron chi connectivity index (χ4n) is 2.11. The SMILES string of the molecule is Cc1nnc(NC(=O)CSCc2cc(=O)c3cc(Cl)ccc3[nH]2)s1. The number of aromatic amines is 1. The number of H-pyrrole nitrogens is 1. The number of hydrogen-bond acceptors (Lipinski definition) is 6. The number of aryl methyl sites for hydroxylation is 1. The molecule has 0 saturated carbocycles. The van der Waals surface area contributed by atoms with Crippen LogP contribution in [0.3, 0.4) is 0 Å². The molecule has 6 nitrogen and oxygen atoms in total. The van der Waals surface area contributed by atoms with Crippen LogP contribution in [0.25, 0.3) is 10.9 Å². The molecule has 0 radical (unpaired) electrons. The number of pyridine rings is 1. The number of benzene rings is 1. The van der Waals surface area contributed by atoms with E-state index >= 15 is 0 Å². The molecule has 9 heteroatoms. The van der Waals surface area contributed by atoms with E-state index in [1.807, 2.05) is 6.92 Å². The first kappa shape index (κ1) is 16.9. The Morgan fingerprint density at radius 1 is 1.38 bits per heavy atom. The van der Waals surface area contributed by atoms with Gasteiger partial charge in [-0.15, -0.1) is 22.0 Å². The number of hydrogen-bond donors (Lipinski definition) is 2. The molecule has 3 aromatic rings. The number of nitrogens with zero attached hydrogens (tertiary/aromatic N) is 2. The molecular weight excluding hydrogens is 368 g/mol. The van der Waals surface area contributed by atoms with Crippen LogP contribution in [0, 0.1) is 6.92 Å². The minimum Gasteiger partial charge on any atom is -0.357 e. The highest BCUT2D eigenvalue weighted by Gasteiger charge is 2.08. The minimum absolute atomic E-state index is 0.0874. The van der Waals surface area contributed by atoms with Gasteiger partial charge in [0.05, 0.1) is 5.75 Å². The van der Waals surface area contributed by atoms with Gasteiger partial charge in [-0.2, -0.15) is 0 Å². The van der Waals surface area contributed by atoms with E-state index in [1.165, 1.54) is 29.2 Å². The predicted molar refractivity (Wildman–Crippen MR) is 99.0 cm³/mol. The predicted octanol–water partition coefficient (Wildman–Crippen LogP) is 3.21. The number of aromatic nitrogens is 3. The van der Waals surface area contributed by atoms with Crippen molar-refractivity contribution in [3.05, 3.63) is 50.2 Å². The van der Waals surface area contributed by atoms with Crippen molar-refractivity contribution in [3.63, 3.8) is 0 Å². The van der Waals surface area contributed by atoms with E-state index in [9.17, 15) is 9.59 Å². The third kappa shape index (κ3) is 4.14. The van der Waals surface area contributed by atoms with Crippen LogP contribution >= 0.6 is 34.7 Å². The molecule has 0 saturated heterocycles. The second kappa shape index (κ2) is 7.33. The van der Waals surface area contributed by atoms with Crippen LogP contribution in [0.1, 0.15) is 10.7 Å². The van der Waals surface area contributed by atoms with E-state index in [4.69, 9.17) is 11.6 Å². The van der Waals surface area contributed by atoms with Crippen molar-refractivity contribution >= 4 is 56.6 Å². The summed E-state index contributed by atoms with van der Waals surface area (Å²) in [6, 6.07) is 6.69. The van der Waals surface area contributed by atoms with E-state index in [0.29, 0.717) is 21.3 Å². The molecule has 0 atom stereocenters. The Morgan fingerprint density at radius 3 is 2.96 bits per heavy atom. The van der Waals surface area contributed by atoms with Crippen LogP contribution in [0.15, 0.2) is 29.1 Å². The molecule has 24 heavy (non-hydrogen) atoms. The van der Waals surface area contributed by atoms with Gasteiger partial charge in [0.15, 0.2) is 5.43 Å². The number of anilines is 1. The standard InChI is InChI=1S/C15H13ClN4O2S2/c1-8-19-20-15(24-8)18-14(22)7-23-6-10-5-13(21)11-4-9(16)2-3-12(11)17-10/h2-5H,6-7H2,1H3,(H,17,21)(H,18,20,22). The Hall–Kier alpha value is -1.90. The summed E-state index contributed by atoms with van der Waals surface area (Å²) in [7, 11) is 0.